The first-order chi connectivity index (χ1) is 9.85. The number of amides is 1. The second-order valence-electron chi connectivity index (χ2n) is 4.76. The predicted molar refractivity (Wildman–Crippen MR) is 83.5 cm³/mol. The Morgan fingerprint density at radius 3 is 2.62 bits per heavy atom. The van der Waals surface area contributed by atoms with Crippen molar-refractivity contribution in [3.63, 3.8) is 0 Å². The summed E-state index contributed by atoms with van der Waals surface area (Å²) in [6.07, 6.45) is -0.738. The van der Waals surface area contributed by atoms with E-state index in [1.165, 1.54) is 4.90 Å². The Morgan fingerprint density at radius 1 is 1.43 bits per heavy atom. The second kappa shape index (κ2) is 8.02. The molecule has 1 aromatic rings. The van der Waals surface area contributed by atoms with Crippen molar-refractivity contribution in [3.05, 3.63) is 28.2 Å². The van der Waals surface area contributed by atoms with Crippen molar-refractivity contribution in [2.75, 3.05) is 13.1 Å². The molecule has 0 spiro atoms. The molecule has 0 aromatic heterocycles. The number of carbonyl (C=O) groups is 2. The number of carbonyl (C=O) groups excluding carboxylic acids is 1. The molecule has 116 valence electrons. The number of ether oxygens (including phenoxy) is 1. The third-order valence-corrected chi connectivity index (χ3v) is 3.65. The van der Waals surface area contributed by atoms with Crippen LogP contribution in [0.5, 0.6) is 5.75 Å². The molecular formula is C15H20BrNO4. The molecule has 1 rings (SSSR count). The Labute approximate surface area is 133 Å². The van der Waals surface area contributed by atoms with Crippen LogP contribution < -0.4 is 4.74 Å². The van der Waals surface area contributed by atoms with Gasteiger partial charge in [-0.1, -0.05) is 6.07 Å². The molecule has 0 saturated heterocycles. The number of aliphatic carboxylic acids is 1. The number of hydrogen-bond acceptors (Lipinski definition) is 3. The van der Waals surface area contributed by atoms with Crippen LogP contribution in [0.25, 0.3) is 0 Å². The summed E-state index contributed by atoms with van der Waals surface area (Å²) in [4.78, 5) is 24.4. The summed E-state index contributed by atoms with van der Waals surface area (Å²) in [5.41, 5.74) is 1.09. The zero-order valence-electron chi connectivity index (χ0n) is 12.4. The lowest BCUT2D eigenvalue weighted by Crippen LogP contribution is -2.41. The molecule has 6 heteroatoms. The number of nitrogens with zero attached hydrogens (tertiary/aromatic N) is 1. The van der Waals surface area contributed by atoms with Crippen LogP contribution in [-0.4, -0.2) is 41.1 Å². The summed E-state index contributed by atoms with van der Waals surface area (Å²) in [7, 11) is 0. The fourth-order valence-electron chi connectivity index (χ4n) is 1.85. The van der Waals surface area contributed by atoms with Crippen molar-refractivity contribution in [2.45, 2.75) is 33.3 Å². The second-order valence-corrected chi connectivity index (χ2v) is 5.61. The summed E-state index contributed by atoms with van der Waals surface area (Å²) in [5.74, 6) is -0.543. The largest absolute Gasteiger partial charge is 0.481 e. The molecule has 1 unspecified atom stereocenters. The van der Waals surface area contributed by atoms with E-state index in [0.717, 1.165) is 10.0 Å². The minimum absolute atomic E-state index is 0.0689. The van der Waals surface area contributed by atoms with E-state index in [1.807, 2.05) is 26.0 Å². The van der Waals surface area contributed by atoms with Gasteiger partial charge >= 0.3 is 5.97 Å². The number of aryl methyl sites for hydroxylation is 1. The maximum absolute atomic E-state index is 12.3. The molecule has 0 fully saturated rings. The predicted octanol–water partition coefficient (Wildman–Crippen LogP) is 2.85. The Balaban J connectivity index is 2.70. The Hall–Kier alpha value is -1.56. The van der Waals surface area contributed by atoms with Crippen molar-refractivity contribution in [2.24, 2.45) is 0 Å². The highest BCUT2D eigenvalue weighted by atomic mass is 79.9. The Kier molecular flexibility index (Phi) is 6.68. The summed E-state index contributed by atoms with van der Waals surface area (Å²) < 4.78 is 6.45. The number of rotatable bonds is 7. The lowest BCUT2D eigenvalue weighted by Gasteiger charge is -2.24. The van der Waals surface area contributed by atoms with Gasteiger partial charge in [0.1, 0.15) is 5.75 Å². The van der Waals surface area contributed by atoms with Gasteiger partial charge in [0, 0.05) is 13.1 Å². The molecule has 0 aliphatic carbocycles. The molecule has 1 N–H and O–H groups in total. The highest BCUT2D eigenvalue weighted by Crippen LogP contribution is 2.26. The zero-order valence-corrected chi connectivity index (χ0v) is 14.0. The van der Waals surface area contributed by atoms with Crippen LogP contribution >= 0.6 is 15.9 Å². The number of carboxylic acid groups (broad SMARTS) is 1. The Bertz CT molecular complexity index is 518. The quantitative estimate of drug-likeness (QED) is 0.814. The molecule has 5 nitrogen and oxygen atoms in total. The molecular weight excluding hydrogens is 338 g/mol. The van der Waals surface area contributed by atoms with Crippen LogP contribution in [0, 0.1) is 6.92 Å². The zero-order chi connectivity index (χ0) is 16.0. The van der Waals surface area contributed by atoms with E-state index in [-0.39, 0.29) is 18.9 Å². The normalized spacial score (nSPS) is 11.8. The van der Waals surface area contributed by atoms with Crippen molar-refractivity contribution < 1.29 is 19.4 Å². The van der Waals surface area contributed by atoms with Gasteiger partial charge in [-0.3, -0.25) is 9.59 Å². The van der Waals surface area contributed by atoms with Crippen LogP contribution in [0.3, 0.4) is 0 Å². The van der Waals surface area contributed by atoms with Crippen LogP contribution in [0.4, 0.5) is 0 Å². The topological polar surface area (TPSA) is 66.8 Å². The number of likely N-dealkylation sites (N-methyl/N-ethyl adjacent to an activating group) is 1. The van der Waals surface area contributed by atoms with E-state index < -0.39 is 12.1 Å². The van der Waals surface area contributed by atoms with E-state index in [9.17, 15) is 9.59 Å². The lowest BCUT2D eigenvalue weighted by molar-refractivity contribution is -0.140. The minimum Gasteiger partial charge on any atom is -0.481 e. The van der Waals surface area contributed by atoms with Crippen molar-refractivity contribution in [1.82, 2.24) is 4.90 Å². The highest BCUT2D eigenvalue weighted by Gasteiger charge is 2.22. The molecule has 1 atom stereocenters. The fourth-order valence-corrected chi connectivity index (χ4v) is 2.44. The monoisotopic (exact) mass is 357 g/mol. The van der Waals surface area contributed by atoms with Crippen LogP contribution in [-0.2, 0) is 9.59 Å². The maximum Gasteiger partial charge on any atom is 0.305 e. The van der Waals surface area contributed by atoms with Gasteiger partial charge in [-0.2, -0.15) is 0 Å². The number of benzene rings is 1. The van der Waals surface area contributed by atoms with E-state index in [2.05, 4.69) is 15.9 Å². The minimum atomic E-state index is -0.920. The molecule has 0 aliphatic rings. The van der Waals surface area contributed by atoms with Gasteiger partial charge in [-0.15, -0.1) is 0 Å². The van der Waals surface area contributed by atoms with E-state index in [4.69, 9.17) is 9.84 Å². The molecule has 0 saturated carbocycles. The van der Waals surface area contributed by atoms with Gasteiger partial charge < -0.3 is 14.7 Å². The van der Waals surface area contributed by atoms with Gasteiger partial charge in [0.05, 0.1) is 10.9 Å². The first kappa shape index (κ1) is 17.5. The summed E-state index contributed by atoms with van der Waals surface area (Å²) in [5, 5.41) is 8.70. The molecule has 0 aliphatic heterocycles. The molecule has 21 heavy (non-hydrogen) atoms. The SMILES string of the molecule is CCN(CCC(=O)O)C(=O)C(C)Oc1ccc(C)cc1Br. The van der Waals surface area contributed by atoms with E-state index >= 15 is 0 Å². The van der Waals surface area contributed by atoms with Crippen molar-refractivity contribution >= 4 is 27.8 Å². The molecule has 0 radical (unpaired) electrons. The average Bonchev–Trinajstić information content (AvgIpc) is 2.42. The van der Waals surface area contributed by atoms with Gasteiger partial charge in [-0.05, 0) is 54.4 Å². The molecule has 0 bridgehead atoms. The maximum atomic E-state index is 12.3. The smallest absolute Gasteiger partial charge is 0.305 e. The first-order valence-corrected chi connectivity index (χ1v) is 7.57. The third-order valence-electron chi connectivity index (χ3n) is 3.03. The van der Waals surface area contributed by atoms with Gasteiger partial charge in [0.15, 0.2) is 6.10 Å². The third kappa shape index (κ3) is 5.38. The lowest BCUT2D eigenvalue weighted by atomic mass is 10.2. The van der Waals surface area contributed by atoms with Gasteiger partial charge in [0.2, 0.25) is 0 Å². The highest BCUT2D eigenvalue weighted by molar-refractivity contribution is 9.10. The van der Waals surface area contributed by atoms with Crippen molar-refractivity contribution in [1.29, 1.82) is 0 Å². The summed E-state index contributed by atoms with van der Waals surface area (Å²) in [6, 6.07) is 5.62. The molecule has 1 aromatic carbocycles. The van der Waals surface area contributed by atoms with E-state index in [1.54, 1.807) is 13.0 Å². The van der Waals surface area contributed by atoms with Crippen molar-refractivity contribution in [3.8, 4) is 5.75 Å². The van der Waals surface area contributed by atoms with Gasteiger partial charge in [-0.25, -0.2) is 0 Å². The average molecular weight is 358 g/mol. The molecule has 1 amide bonds. The van der Waals surface area contributed by atoms with Gasteiger partial charge in [0.25, 0.3) is 5.91 Å². The number of carboxylic acids is 1. The molecule has 0 heterocycles. The standard InChI is InChI=1S/C15H20BrNO4/c1-4-17(8-7-14(18)19)15(20)11(3)21-13-6-5-10(2)9-12(13)16/h5-6,9,11H,4,7-8H2,1-3H3,(H,18,19). The number of halogens is 1. The first-order valence-electron chi connectivity index (χ1n) is 6.78. The van der Waals surface area contributed by atoms with Crippen LogP contribution in [0.15, 0.2) is 22.7 Å². The summed E-state index contributed by atoms with van der Waals surface area (Å²) >= 11 is 3.40. The summed E-state index contributed by atoms with van der Waals surface area (Å²) in [6.45, 7) is 6.09. The van der Waals surface area contributed by atoms with E-state index in [0.29, 0.717) is 12.3 Å². The number of hydrogen-bond donors (Lipinski definition) is 1. The Morgan fingerprint density at radius 2 is 2.10 bits per heavy atom. The van der Waals surface area contributed by atoms with Crippen LogP contribution in [0.1, 0.15) is 25.8 Å². The van der Waals surface area contributed by atoms with Crippen LogP contribution in [0.2, 0.25) is 0 Å². The fraction of sp³-hybridized carbons (Fsp3) is 0.467.